The molecule has 3 aromatic rings. The number of benzene rings is 1. The van der Waals surface area contributed by atoms with Crippen molar-refractivity contribution in [1.82, 2.24) is 30.5 Å². The van der Waals surface area contributed by atoms with Crippen LogP contribution in [0.4, 0.5) is 0 Å². The molecule has 1 aliphatic heterocycles. The smallest absolute Gasteiger partial charge is 0.254 e. The van der Waals surface area contributed by atoms with E-state index in [2.05, 4.69) is 25.6 Å². The number of hydrogen-bond donors (Lipinski definition) is 2. The molecule has 2 aromatic heterocycles. The predicted octanol–water partition coefficient (Wildman–Crippen LogP) is 0.563. The molecule has 1 atom stereocenters. The van der Waals surface area contributed by atoms with Crippen LogP contribution in [-0.4, -0.2) is 56.1 Å². The van der Waals surface area contributed by atoms with Crippen LogP contribution in [0.2, 0.25) is 0 Å². The molecule has 0 saturated carbocycles. The number of aromatic amines is 2. The topological polar surface area (TPSA) is 117 Å². The molecule has 25 heavy (non-hydrogen) atoms. The first-order chi connectivity index (χ1) is 12.1. The lowest BCUT2D eigenvalue weighted by atomic mass is 10.0. The number of pyridine rings is 1. The summed E-state index contributed by atoms with van der Waals surface area (Å²) in [5, 5.41) is 14.5. The third-order valence-corrected chi connectivity index (χ3v) is 4.23. The third-order valence-electron chi connectivity index (χ3n) is 4.23. The van der Waals surface area contributed by atoms with Gasteiger partial charge < -0.3 is 14.6 Å². The van der Waals surface area contributed by atoms with Crippen LogP contribution in [0.15, 0.2) is 29.1 Å². The fourth-order valence-electron chi connectivity index (χ4n) is 3.01. The fraction of sp³-hybridized carbons (Fsp3) is 0.312. The zero-order valence-electron chi connectivity index (χ0n) is 13.5. The highest BCUT2D eigenvalue weighted by Crippen LogP contribution is 2.23. The van der Waals surface area contributed by atoms with Gasteiger partial charge in [-0.25, -0.2) is 0 Å². The van der Waals surface area contributed by atoms with Crippen molar-refractivity contribution in [2.45, 2.75) is 13.0 Å². The maximum atomic E-state index is 13.0. The highest BCUT2D eigenvalue weighted by atomic mass is 16.5. The van der Waals surface area contributed by atoms with Gasteiger partial charge in [0.15, 0.2) is 0 Å². The summed E-state index contributed by atoms with van der Waals surface area (Å²) in [6.45, 7) is 3.05. The number of carbonyl (C=O) groups is 1. The van der Waals surface area contributed by atoms with Crippen LogP contribution in [0.3, 0.4) is 0 Å². The van der Waals surface area contributed by atoms with Crippen LogP contribution in [0.25, 0.3) is 10.9 Å². The van der Waals surface area contributed by atoms with E-state index in [0.717, 1.165) is 10.9 Å². The summed E-state index contributed by atoms with van der Waals surface area (Å²) in [6, 6.07) is 6.95. The predicted molar refractivity (Wildman–Crippen MR) is 88.1 cm³/mol. The summed E-state index contributed by atoms with van der Waals surface area (Å²) >= 11 is 0. The Morgan fingerprint density at radius 1 is 1.36 bits per heavy atom. The minimum absolute atomic E-state index is 0.210. The summed E-state index contributed by atoms with van der Waals surface area (Å²) in [4.78, 5) is 29.4. The second kappa shape index (κ2) is 6.10. The molecule has 0 radical (unpaired) electrons. The summed E-state index contributed by atoms with van der Waals surface area (Å²) in [5.41, 5.74) is 1.74. The van der Waals surface area contributed by atoms with Gasteiger partial charge in [-0.15, -0.1) is 10.2 Å². The van der Waals surface area contributed by atoms with Crippen molar-refractivity contribution in [3.05, 3.63) is 51.6 Å². The molecule has 1 aromatic carbocycles. The Labute approximate surface area is 142 Å². The van der Waals surface area contributed by atoms with E-state index in [1.54, 1.807) is 4.90 Å². The summed E-state index contributed by atoms with van der Waals surface area (Å²) in [5.74, 6) is 0.197. The quantitative estimate of drug-likeness (QED) is 0.704. The van der Waals surface area contributed by atoms with Crippen molar-refractivity contribution in [2.24, 2.45) is 0 Å². The molecule has 1 unspecified atom stereocenters. The maximum absolute atomic E-state index is 13.0. The van der Waals surface area contributed by atoms with Gasteiger partial charge in [-0.2, -0.15) is 5.21 Å². The minimum Gasteiger partial charge on any atom is -0.366 e. The molecule has 1 amide bonds. The number of aryl methyl sites for hydroxylation is 1. The van der Waals surface area contributed by atoms with Crippen LogP contribution < -0.4 is 5.56 Å². The molecule has 3 heterocycles. The molecule has 9 nitrogen and oxygen atoms in total. The van der Waals surface area contributed by atoms with Gasteiger partial charge in [0.05, 0.1) is 18.7 Å². The van der Waals surface area contributed by atoms with Crippen LogP contribution in [0, 0.1) is 6.92 Å². The monoisotopic (exact) mass is 340 g/mol. The van der Waals surface area contributed by atoms with Crippen molar-refractivity contribution in [3.63, 3.8) is 0 Å². The lowest BCUT2D eigenvalue weighted by Crippen LogP contribution is -2.42. The first-order valence-corrected chi connectivity index (χ1v) is 7.90. The summed E-state index contributed by atoms with van der Waals surface area (Å²) < 4.78 is 5.62. The lowest BCUT2D eigenvalue weighted by molar-refractivity contribution is -0.0267. The molecular weight excluding hydrogens is 324 g/mol. The van der Waals surface area contributed by atoms with Crippen molar-refractivity contribution in [3.8, 4) is 0 Å². The van der Waals surface area contributed by atoms with E-state index < -0.39 is 6.10 Å². The van der Waals surface area contributed by atoms with Crippen LogP contribution in [0.5, 0.6) is 0 Å². The maximum Gasteiger partial charge on any atom is 0.254 e. The SMILES string of the molecule is Cc1ccc2[nH]c(=O)cc(C(=O)N3CCOC(c4nn[nH]n4)C3)c2c1. The first-order valence-electron chi connectivity index (χ1n) is 7.90. The Morgan fingerprint density at radius 2 is 2.24 bits per heavy atom. The molecule has 2 N–H and O–H groups in total. The van der Waals surface area contributed by atoms with E-state index in [4.69, 9.17) is 4.74 Å². The Bertz CT molecular complexity index is 981. The first kappa shape index (κ1) is 15.5. The highest BCUT2D eigenvalue weighted by molar-refractivity contribution is 6.06. The molecule has 9 heteroatoms. The average Bonchev–Trinajstić information content (AvgIpc) is 3.16. The zero-order valence-corrected chi connectivity index (χ0v) is 13.5. The van der Waals surface area contributed by atoms with Gasteiger partial charge in [0.1, 0.15) is 6.10 Å². The van der Waals surface area contributed by atoms with Gasteiger partial charge >= 0.3 is 0 Å². The lowest BCUT2D eigenvalue weighted by Gasteiger charge is -2.31. The van der Waals surface area contributed by atoms with Crippen molar-refractivity contribution >= 4 is 16.8 Å². The normalized spacial score (nSPS) is 17.8. The molecule has 1 fully saturated rings. The van der Waals surface area contributed by atoms with Gasteiger partial charge in [0.2, 0.25) is 11.4 Å². The van der Waals surface area contributed by atoms with Gasteiger partial charge in [-0.3, -0.25) is 9.59 Å². The van der Waals surface area contributed by atoms with Gasteiger partial charge in [-0.1, -0.05) is 16.8 Å². The molecule has 1 aliphatic rings. The third kappa shape index (κ3) is 2.89. The molecule has 0 aliphatic carbocycles. The van der Waals surface area contributed by atoms with E-state index in [1.807, 2.05) is 25.1 Å². The number of hydrogen-bond acceptors (Lipinski definition) is 6. The number of amides is 1. The second-order valence-electron chi connectivity index (χ2n) is 5.98. The van der Waals surface area contributed by atoms with E-state index >= 15 is 0 Å². The Morgan fingerprint density at radius 3 is 3.04 bits per heavy atom. The van der Waals surface area contributed by atoms with E-state index in [-0.39, 0.29) is 11.5 Å². The zero-order chi connectivity index (χ0) is 17.4. The average molecular weight is 340 g/mol. The van der Waals surface area contributed by atoms with E-state index in [1.165, 1.54) is 6.07 Å². The largest absolute Gasteiger partial charge is 0.366 e. The Kier molecular flexibility index (Phi) is 3.77. The molecular formula is C16H16N6O3. The number of aromatic nitrogens is 5. The number of rotatable bonds is 2. The number of fused-ring (bicyclic) bond motifs is 1. The number of H-pyrrole nitrogens is 2. The number of nitrogens with zero attached hydrogens (tertiary/aromatic N) is 4. The van der Waals surface area contributed by atoms with Crippen molar-refractivity contribution in [2.75, 3.05) is 19.7 Å². The molecule has 4 rings (SSSR count). The highest BCUT2D eigenvalue weighted by Gasteiger charge is 2.29. The van der Waals surface area contributed by atoms with Crippen molar-refractivity contribution in [1.29, 1.82) is 0 Å². The van der Waals surface area contributed by atoms with Crippen LogP contribution in [0.1, 0.15) is 27.8 Å². The van der Waals surface area contributed by atoms with E-state index in [9.17, 15) is 9.59 Å². The van der Waals surface area contributed by atoms with Gasteiger partial charge in [0.25, 0.3) is 5.91 Å². The second-order valence-corrected chi connectivity index (χ2v) is 5.98. The van der Waals surface area contributed by atoms with E-state index in [0.29, 0.717) is 36.6 Å². The van der Waals surface area contributed by atoms with Gasteiger partial charge in [-0.05, 0) is 19.1 Å². The van der Waals surface area contributed by atoms with Crippen LogP contribution in [-0.2, 0) is 4.74 Å². The molecule has 0 spiro atoms. The molecule has 128 valence electrons. The number of nitrogens with one attached hydrogen (secondary N) is 2. The number of tetrazole rings is 1. The van der Waals surface area contributed by atoms with Crippen molar-refractivity contribution < 1.29 is 9.53 Å². The Hall–Kier alpha value is -3.07. The molecule has 1 saturated heterocycles. The summed E-state index contributed by atoms with van der Waals surface area (Å²) in [7, 11) is 0. The standard InChI is InChI=1S/C16H16N6O3/c1-9-2-3-12-10(6-9)11(7-14(23)17-12)16(24)22-4-5-25-13(8-22)15-18-20-21-19-15/h2-3,6-7,13H,4-5,8H2,1H3,(H,17,23)(H,18,19,20,21). The minimum atomic E-state index is -0.438. The number of morpholine rings is 1. The van der Waals surface area contributed by atoms with Crippen LogP contribution >= 0.6 is 0 Å². The number of carbonyl (C=O) groups excluding carboxylic acids is 1. The molecule has 0 bridgehead atoms. The Balaban J connectivity index is 1.70. The fourth-order valence-corrected chi connectivity index (χ4v) is 3.01. The summed E-state index contributed by atoms with van der Waals surface area (Å²) in [6.07, 6.45) is -0.438. The number of ether oxygens (including phenoxy) is 1. The van der Waals surface area contributed by atoms with Gasteiger partial charge in [0, 0.05) is 23.5 Å².